The summed E-state index contributed by atoms with van der Waals surface area (Å²) in [5.74, 6) is 2.99. The Hall–Kier alpha value is -3.59. The molecular weight excluding hydrogens is 408 g/mol. The minimum Gasteiger partial charge on any atom is -0.493 e. The standard InChI is InChI=1S/C23H30N6O3/c1-24-10-6-12-29(2)21-8-7-16(15-26-21)18-9-11-25-23(28-18)27-17-13-19(30-3)22(32-5)20(14-17)31-4/h7-9,11,13-15,24H,6,10,12H2,1-5H3,(H,25,27,28). The first-order valence-electron chi connectivity index (χ1n) is 10.3. The number of benzene rings is 1. The van der Waals surface area contributed by atoms with Crippen LogP contribution < -0.4 is 29.7 Å². The van der Waals surface area contributed by atoms with Crippen molar-refractivity contribution < 1.29 is 14.2 Å². The third kappa shape index (κ3) is 5.55. The monoisotopic (exact) mass is 438 g/mol. The molecule has 170 valence electrons. The van der Waals surface area contributed by atoms with E-state index < -0.39 is 0 Å². The molecule has 9 heteroatoms. The van der Waals surface area contributed by atoms with E-state index in [1.54, 1.807) is 39.7 Å². The van der Waals surface area contributed by atoms with Crippen LogP contribution in [0.4, 0.5) is 17.5 Å². The highest BCUT2D eigenvalue weighted by Gasteiger charge is 2.14. The largest absolute Gasteiger partial charge is 0.493 e. The summed E-state index contributed by atoms with van der Waals surface area (Å²) in [6.07, 6.45) is 4.59. The van der Waals surface area contributed by atoms with Crippen molar-refractivity contribution in [2.75, 3.05) is 58.7 Å². The number of hydrogen-bond acceptors (Lipinski definition) is 9. The fourth-order valence-corrected chi connectivity index (χ4v) is 3.23. The van der Waals surface area contributed by atoms with Gasteiger partial charge < -0.3 is 29.7 Å². The second-order valence-electron chi connectivity index (χ2n) is 7.09. The normalized spacial score (nSPS) is 10.5. The molecule has 2 heterocycles. The van der Waals surface area contributed by atoms with Gasteiger partial charge in [-0.3, -0.25) is 0 Å². The molecule has 0 spiro atoms. The summed E-state index contributed by atoms with van der Waals surface area (Å²) in [5.41, 5.74) is 2.40. The number of ether oxygens (including phenoxy) is 3. The van der Waals surface area contributed by atoms with E-state index in [2.05, 4.69) is 30.5 Å². The second-order valence-corrected chi connectivity index (χ2v) is 7.09. The lowest BCUT2D eigenvalue weighted by Gasteiger charge is -2.18. The van der Waals surface area contributed by atoms with Crippen molar-refractivity contribution in [3.8, 4) is 28.5 Å². The molecule has 0 fully saturated rings. The number of methoxy groups -OCH3 is 3. The quantitative estimate of drug-likeness (QED) is 0.437. The minimum absolute atomic E-state index is 0.449. The number of nitrogens with one attached hydrogen (secondary N) is 2. The summed E-state index contributed by atoms with van der Waals surface area (Å²) in [4.78, 5) is 15.7. The van der Waals surface area contributed by atoms with Gasteiger partial charge in [0.05, 0.1) is 27.0 Å². The molecule has 0 bridgehead atoms. The molecule has 0 aliphatic heterocycles. The molecule has 2 aromatic heterocycles. The lowest BCUT2D eigenvalue weighted by molar-refractivity contribution is 0.324. The van der Waals surface area contributed by atoms with Crippen LogP contribution >= 0.6 is 0 Å². The summed E-state index contributed by atoms with van der Waals surface area (Å²) in [7, 11) is 8.72. The van der Waals surface area contributed by atoms with Crippen molar-refractivity contribution >= 4 is 17.5 Å². The van der Waals surface area contributed by atoms with E-state index in [1.165, 1.54) is 0 Å². The molecule has 9 nitrogen and oxygen atoms in total. The molecule has 0 aliphatic carbocycles. The van der Waals surface area contributed by atoms with Crippen LogP contribution in [0.1, 0.15) is 6.42 Å². The molecule has 32 heavy (non-hydrogen) atoms. The van der Waals surface area contributed by atoms with Crippen LogP contribution in [-0.2, 0) is 0 Å². The molecule has 1 aromatic carbocycles. The summed E-state index contributed by atoms with van der Waals surface area (Å²) >= 11 is 0. The van der Waals surface area contributed by atoms with E-state index in [4.69, 9.17) is 14.2 Å². The van der Waals surface area contributed by atoms with Gasteiger partial charge in [-0.2, -0.15) is 0 Å². The number of hydrogen-bond donors (Lipinski definition) is 2. The first-order chi connectivity index (χ1) is 15.6. The predicted molar refractivity (Wildman–Crippen MR) is 126 cm³/mol. The molecule has 0 unspecified atom stereocenters. The maximum atomic E-state index is 5.41. The van der Waals surface area contributed by atoms with E-state index in [0.717, 1.165) is 36.6 Å². The smallest absolute Gasteiger partial charge is 0.227 e. The molecule has 0 radical (unpaired) electrons. The van der Waals surface area contributed by atoms with Crippen LogP contribution in [0.15, 0.2) is 42.7 Å². The molecule has 0 aliphatic rings. The maximum absolute atomic E-state index is 5.41. The van der Waals surface area contributed by atoms with Gasteiger partial charge in [-0.1, -0.05) is 0 Å². The van der Waals surface area contributed by atoms with Crippen molar-refractivity contribution in [3.05, 3.63) is 42.7 Å². The van der Waals surface area contributed by atoms with Crippen LogP contribution in [0.2, 0.25) is 0 Å². The number of pyridine rings is 1. The first kappa shape index (κ1) is 23.1. The topological polar surface area (TPSA) is 93.7 Å². The third-order valence-corrected chi connectivity index (χ3v) is 4.93. The first-order valence-corrected chi connectivity index (χ1v) is 10.3. The number of aromatic nitrogens is 3. The Kier molecular flexibility index (Phi) is 8.04. The second kappa shape index (κ2) is 11.1. The Morgan fingerprint density at radius 3 is 2.31 bits per heavy atom. The van der Waals surface area contributed by atoms with Gasteiger partial charge in [0.2, 0.25) is 11.7 Å². The molecular formula is C23H30N6O3. The van der Waals surface area contributed by atoms with Crippen LogP contribution in [0, 0.1) is 0 Å². The predicted octanol–water partition coefficient (Wildman–Crippen LogP) is 3.35. The molecule has 3 rings (SSSR count). The van der Waals surface area contributed by atoms with Gasteiger partial charge in [-0.05, 0) is 38.2 Å². The van der Waals surface area contributed by atoms with E-state index >= 15 is 0 Å². The van der Waals surface area contributed by atoms with Crippen molar-refractivity contribution in [1.82, 2.24) is 20.3 Å². The van der Waals surface area contributed by atoms with Gasteiger partial charge in [-0.15, -0.1) is 0 Å². The number of nitrogens with zero attached hydrogens (tertiary/aromatic N) is 4. The van der Waals surface area contributed by atoms with Crippen LogP contribution in [0.25, 0.3) is 11.3 Å². The summed E-state index contributed by atoms with van der Waals surface area (Å²) in [5, 5.41) is 6.36. The fraction of sp³-hybridized carbons (Fsp3) is 0.348. The van der Waals surface area contributed by atoms with E-state index in [-0.39, 0.29) is 0 Å². The minimum atomic E-state index is 0.449. The van der Waals surface area contributed by atoms with Crippen molar-refractivity contribution in [1.29, 1.82) is 0 Å². The van der Waals surface area contributed by atoms with Gasteiger partial charge in [0, 0.05) is 49.4 Å². The van der Waals surface area contributed by atoms with Crippen LogP contribution in [-0.4, -0.2) is 63.5 Å². The van der Waals surface area contributed by atoms with Gasteiger partial charge in [0.25, 0.3) is 0 Å². The molecule has 0 amide bonds. The molecule has 0 saturated heterocycles. The van der Waals surface area contributed by atoms with Gasteiger partial charge in [0.1, 0.15) is 5.82 Å². The van der Waals surface area contributed by atoms with Gasteiger partial charge >= 0.3 is 0 Å². The summed E-state index contributed by atoms with van der Waals surface area (Å²) in [6.45, 7) is 1.91. The van der Waals surface area contributed by atoms with Crippen molar-refractivity contribution in [2.45, 2.75) is 6.42 Å². The lowest BCUT2D eigenvalue weighted by Crippen LogP contribution is -2.22. The Morgan fingerprint density at radius 2 is 1.72 bits per heavy atom. The fourth-order valence-electron chi connectivity index (χ4n) is 3.23. The third-order valence-electron chi connectivity index (χ3n) is 4.93. The van der Waals surface area contributed by atoms with Gasteiger partial charge in [0.15, 0.2) is 11.5 Å². The highest BCUT2D eigenvalue weighted by atomic mass is 16.5. The Bertz CT molecular complexity index is 988. The number of rotatable bonds is 11. The van der Waals surface area contributed by atoms with Gasteiger partial charge in [-0.25, -0.2) is 15.0 Å². The van der Waals surface area contributed by atoms with E-state index in [9.17, 15) is 0 Å². The molecule has 3 aromatic rings. The average Bonchev–Trinajstić information content (AvgIpc) is 2.83. The molecule has 2 N–H and O–H groups in total. The zero-order valence-electron chi connectivity index (χ0n) is 19.2. The molecule has 0 saturated carbocycles. The highest BCUT2D eigenvalue weighted by Crippen LogP contribution is 2.40. The van der Waals surface area contributed by atoms with Crippen molar-refractivity contribution in [2.24, 2.45) is 0 Å². The van der Waals surface area contributed by atoms with E-state index in [1.807, 2.05) is 38.5 Å². The highest BCUT2D eigenvalue weighted by molar-refractivity contribution is 5.67. The Balaban J connectivity index is 1.77. The van der Waals surface area contributed by atoms with Crippen LogP contribution in [0.3, 0.4) is 0 Å². The summed E-state index contributed by atoms with van der Waals surface area (Å²) in [6, 6.07) is 9.48. The Labute approximate surface area is 188 Å². The SMILES string of the molecule is CNCCCN(C)c1ccc(-c2ccnc(Nc3cc(OC)c(OC)c(OC)c3)n2)cn1. The maximum Gasteiger partial charge on any atom is 0.227 e. The lowest BCUT2D eigenvalue weighted by atomic mass is 10.2. The average molecular weight is 439 g/mol. The molecule has 0 atom stereocenters. The zero-order valence-corrected chi connectivity index (χ0v) is 19.2. The number of anilines is 3. The van der Waals surface area contributed by atoms with Crippen LogP contribution in [0.5, 0.6) is 17.2 Å². The zero-order chi connectivity index (χ0) is 22.9. The van der Waals surface area contributed by atoms with Crippen molar-refractivity contribution in [3.63, 3.8) is 0 Å². The Morgan fingerprint density at radius 1 is 0.969 bits per heavy atom. The summed E-state index contributed by atoms with van der Waals surface area (Å²) < 4.78 is 16.2. The van der Waals surface area contributed by atoms with E-state index in [0.29, 0.717) is 28.9 Å².